The number of alkyl halides is 3. The zero-order valence-electron chi connectivity index (χ0n) is 3.27. The van der Waals surface area contributed by atoms with Crippen molar-refractivity contribution in [1.29, 1.82) is 0 Å². The molecule has 0 rings (SSSR count). The van der Waals surface area contributed by atoms with Crippen molar-refractivity contribution in [2.75, 3.05) is 0 Å². The maximum absolute atomic E-state index is 10.8. The molecule has 0 saturated carbocycles. The van der Waals surface area contributed by atoms with Crippen LogP contribution in [0.5, 0.6) is 0 Å². The highest BCUT2D eigenvalue weighted by Gasteiger charge is 2.24. The second kappa shape index (κ2) is 2.60. The van der Waals surface area contributed by atoms with Crippen LogP contribution in [0.1, 0.15) is 0 Å². The van der Waals surface area contributed by atoms with Gasteiger partial charge in [0.1, 0.15) is 0 Å². The first-order valence-electron chi connectivity index (χ1n) is 1.27. The van der Waals surface area contributed by atoms with E-state index >= 15 is 0 Å². The fraction of sp³-hybridized carbons (Fsp3) is 1.00. The van der Waals surface area contributed by atoms with E-state index < -0.39 is 16.0 Å². The standard InChI is InChI=1S/CF3O2S2/c2-1(3,4)6-8(5)7/q-1. The molecule has 0 heterocycles. The van der Waals surface area contributed by atoms with E-state index in [1.54, 1.807) is 0 Å². The predicted octanol–water partition coefficient (Wildman–Crippen LogP) is 0.864. The van der Waals surface area contributed by atoms with E-state index in [2.05, 4.69) is 15.4 Å². The van der Waals surface area contributed by atoms with Crippen LogP contribution in [0.2, 0.25) is 0 Å². The molecule has 0 amide bonds. The summed E-state index contributed by atoms with van der Waals surface area (Å²) in [7, 11) is -2.68. The molecule has 0 aliphatic carbocycles. The van der Waals surface area contributed by atoms with Crippen LogP contribution in [0.25, 0.3) is 0 Å². The molecule has 0 N–H and O–H groups in total. The van der Waals surface area contributed by atoms with Crippen LogP contribution in [-0.2, 0) is 29.2 Å². The van der Waals surface area contributed by atoms with E-state index in [0.717, 1.165) is 0 Å². The van der Waals surface area contributed by atoms with E-state index in [1.165, 1.54) is 0 Å². The first-order chi connectivity index (χ1) is 3.42. The molecule has 7 heteroatoms. The minimum Gasteiger partial charge on any atom is -0.425 e. The molecule has 0 aromatic carbocycles. The Labute approximate surface area is 49.5 Å². The summed E-state index contributed by atoms with van der Waals surface area (Å²) in [6.45, 7) is 0. The summed E-state index contributed by atoms with van der Waals surface area (Å²) in [6.07, 6.45) is -4.88. The largest absolute Gasteiger partial charge is 0.505 e. The third-order valence-electron chi connectivity index (χ3n) is 0.163. The van der Waals surface area contributed by atoms with Gasteiger partial charge < -0.3 is 8.39 Å². The van der Waals surface area contributed by atoms with Gasteiger partial charge in [-0.3, -0.25) is 0 Å². The van der Waals surface area contributed by atoms with Crippen molar-refractivity contribution in [2.45, 2.75) is 6.36 Å². The van der Waals surface area contributed by atoms with Crippen molar-refractivity contribution in [3.05, 3.63) is 0 Å². The average Bonchev–Trinajstić information content (AvgIpc) is 1.21. The van der Waals surface area contributed by atoms with E-state index in [0.29, 0.717) is 0 Å². The first kappa shape index (κ1) is 8.12. The Morgan fingerprint density at radius 3 is 1.88 bits per heavy atom. The number of hydrogen-bond acceptors (Lipinski definition) is 4. The zero-order chi connectivity index (χ0) is 6.78. The van der Waals surface area contributed by atoms with Gasteiger partial charge in [0.2, 0.25) is 0 Å². The molecule has 0 unspecified atom stereocenters. The Hall–Kier alpha value is 0.120. The number of hydrogen-bond donors (Lipinski definition) is 0. The molecule has 0 aromatic heterocycles. The fourth-order valence-electron chi connectivity index (χ4n) is 0.0772. The average molecular weight is 165 g/mol. The first-order valence-corrected chi connectivity index (χ1v) is 3.27. The van der Waals surface area contributed by atoms with E-state index in [-0.39, 0.29) is 0 Å². The zero-order valence-corrected chi connectivity index (χ0v) is 4.90. The molecule has 0 aliphatic heterocycles. The van der Waals surface area contributed by atoms with E-state index in [4.69, 9.17) is 0 Å². The lowest BCUT2D eigenvalue weighted by atomic mass is 11.4. The molecule has 0 spiro atoms. The molecule has 0 aromatic rings. The van der Waals surface area contributed by atoms with Gasteiger partial charge in [-0.15, -0.1) is 13.2 Å². The maximum atomic E-state index is 10.8. The van der Waals surface area contributed by atoms with Crippen molar-refractivity contribution in [3.63, 3.8) is 0 Å². The monoisotopic (exact) mass is 165 g/mol. The quantitative estimate of drug-likeness (QED) is 0.539. The highest BCUT2D eigenvalue weighted by Crippen LogP contribution is 2.15. The molecule has 0 aliphatic rings. The smallest absolute Gasteiger partial charge is 0.425 e. The van der Waals surface area contributed by atoms with Crippen molar-refractivity contribution in [1.82, 2.24) is 0 Å². The Morgan fingerprint density at radius 1 is 1.50 bits per heavy atom. The highest BCUT2D eigenvalue weighted by atomic mass is 32.8. The summed E-state index contributed by atoms with van der Waals surface area (Å²) in [5.74, 6) is 0. The summed E-state index contributed by atoms with van der Waals surface area (Å²) in [4.78, 5) is 0. The van der Waals surface area contributed by atoms with Crippen LogP contribution in [0.3, 0.4) is 0 Å². The molecule has 0 bridgehead atoms. The molecular formula is CF3O2S2-. The lowest BCUT2D eigenvalue weighted by molar-refractivity contribution is -0.268. The van der Waals surface area contributed by atoms with Crippen molar-refractivity contribution >= 4 is 20.8 Å². The van der Waals surface area contributed by atoms with Crippen LogP contribution < -0.4 is 0 Å². The van der Waals surface area contributed by atoms with Gasteiger partial charge in [-0.25, -0.2) is 11.2 Å². The van der Waals surface area contributed by atoms with Gasteiger partial charge in [-0.1, -0.05) is 9.64 Å². The molecular weight excluding hydrogens is 165 g/mol. The summed E-state index contributed by atoms with van der Waals surface area (Å²) < 4.78 is 44.6. The lowest BCUT2D eigenvalue weighted by Crippen LogP contribution is -2.10. The maximum Gasteiger partial charge on any atom is 0.505 e. The second-order valence-electron chi connectivity index (χ2n) is 0.733. The summed E-state index contributed by atoms with van der Waals surface area (Å²) in [6, 6.07) is 0. The third-order valence-corrected chi connectivity index (χ3v) is 0.692. The molecule has 50 valence electrons. The van der Waals surface area contributed by atoms with Crippen LogP contribution in [0, 0.1) is 0 Å². The Bertz CT molecular complexity index is 127. The van der Waals surface area contributed by atoms with E-state index in [1.807, 2.05) is 0 Å². The number of rotatable bonds is 1. The predicted molar refractivity (Wildman–Crippen MR) is 22.6 cm³/mol. The van der Waals surface area contributed by atoms with Crippen molar-refractivity contribution in [2.24, 2.45) is 0 Å². The SMILES string of the molecule is O=[S-](=S)OC(F)(F)F. The van der Waals surface area contributed by atoms with Gasteiger partial charge >= 0.3 is 6.36 Å². The minimum atomic E-state index is -4.88. The summed E-state index contributed by atoms with van der Waals surface area (Å²) in [5, 5.41) is 0. The molecule has 0 radical (unpaired) electrons. The fourth-order valence-corrected chi connectivity index (χ4v) is 0.463. The Kier molecular flexibility index (Phi) is 2.64. The highest BCUT2D eigenvalue weighted by molar-refractivity contribution is 8.19. The van der Waals surface area contributed by atoms with Crippen LogP contribution in [0.15, 0.2) is 0 Å². The van der Waals surface area contributed by atoms with E-state index in [9.17, 15) is 17.4 Å². The molecule has 2 nitrogen and oxygen atoms in total. The van der Waals surface area contributed by atoms with Crippen molar-refractivity contribution < 1.29 is 21.6 Å². The Morgan fingerprint density at radius 2 is 1.88 bits per heavy atom. The molecule has 0 saturated heterocycles. The topological polar surface area (TPSA) is 26.3 Å². The number of halogens is 3. The van der Waals surface area contributed by atoms with Crippen LogP contribution >= 0.6 is 0 Å². The van der Waals surface area contributed by atoms with Gasteiger partial charge in [0, 0.05) is 0 Å². The van der Waals surface area contributed by atoms with Gasteiger partial charge in [0.25, 0.3) is 0 Å². The van der Waals surface area contributed by atoms with Gasteiger partial charge in [0.15, 0.2) is 0 Å². The summed E-state index contributed by atoms with van der Waals surface area (Å²) >= 11 is 3.56. The molecule has 0 fully saturated rings. The molecule has 0 atom stereocenters. The van der Waals surface area contributed by atoms with Gasteiger partial charge in [-0.2, -0.15) is 0 Å². The van der Waals surface area contributed by atoms with Crippen LogP contribution in [-0.4, -0.2) is 6.36 Å². The minimum absolute atomic E-state index is 2.68. The Balaban J connectivity index is 3.73. The summed E-state index contributed by atoms with van der Waals surface area (Å²) in [5.41, 5.74) is 0. The normalized spacial score (nSPS) is 12.5. The second-order valence-corrected chi connectivity index (χ2v) is 2.12. The van der Waals surface area contributed by atoms with Crippen LogP contribution in [0.4, 0.5) is 13.2 Å². The lowest BCUT2D eigenvalue weighted by Gasteiger charge is -2.06. The van der Waals surface area contributed by atoms with Gasteiger partial charge in [0.05, 0.1) is 0 Å². The van der Waals surface area contributed by atoms with Crippen molar-refractivity contribution in [3.8, 4) is 0 Å². The third kappa shape index (κ3) is 6.12. The molecule has 8 heavy (non-hydrogen) atoms. The van der Waals surface area contributed by atoms with Gasteiger partial charge in [-0.05, 0) is 0 Å².